The molecular formula is C69H46N4. The number of benzene rings is 11. The molecular weight excluding hydrogens is 885 g/mol. The maximum atomic E-state index is 5.12. The van der Waals surface area contributed by atoms with E-state index in [9.17, 15) is 0 Å². The van der Waals surface area contributed by atoms with Crippen molar-refractivity contribution in [3.63, 3.8) is 0 Å². The van der Waals surface area contributed by atoms with Crippen molar-refractivity contribution in [2.45, 2.75) is 0 Å². The minimum absolute atomic E-state index is 0.617. The fourth-order valence-corrected chi connectivity index (χ4v) is 10.2. The summed E-state index contributed by atoms with van der Waals surface area (Å²) in [5.74, 6) is 1.88. The zero-order chi connectivity index (χ0) is 48.5. The summed E-state index contributed by atoms with van der Waals surface area (Å²) in [4.78, 5) is 15.2. The molecule has 2 heterocycles. The van der Waals surface area contributed by atoms with Crippen LogP contribution in [0.4, 0.5) is 0 Å². The molecule has 0 aliphatic rings. The molecule has 0 aliphatic carbocycles. The van der Waals surface area contributed by atoms with Gasteiger partial charge in [0.2, 0.25) is 0 Å². The predicted octanol–water partition coefficient (Wildman–Crippen LogP) is 18.0. The highest BCUT2D eigenvalue weighted by Crippen LogP contribution is 2.43. The Bertz CT molecular complexity index is 4060. The Labute approximate surface area is 424 Å². The third-order valence-electron chi connectivity index (χ3n) is 13.9. The largest absolute Gasteiger partial charge is 0.309 e. The molecule has 13 aromatic rings. The quantitative estimate of drug-likeness (QED) is 0.137. The van der Waals surface area contributed by atoms with Crippen LogP contribution < -0.4 is 0 Å². The second kappa shape index (κ2) is 18.9. The first kappa shape index (κ1) is 43.3. The topological polar surface area (TPSA) is 43.6 Å². The average molecular weight is 931 g/mol. The van der Waals surface area contributed by atoms with E-state index < -0.39 is 0 Å². The van der Waals surface area contributed by atoms with Crippen molar-refractivity contribution in [1.29, 1.82) is 0 Å². The van der Waals surface area contributed by atoms with E-state index in [0.29, 0.717) is 17.5 Å². The lowest BCUT2D eigenvalue weighted by Crippen LogP contribution is -2.00. The first-order valence-corrected chi connectivity index (χ1v) is 24.7. The Morgan fingerprint density at radius 3 is 1.05 bits per heavy atom. The van der Waals surface area contributed by atoms with E-state index in [1.165, 1.54) is 49.7 Å². The molecule has 73 heavy (non-hydrogen) atoms. The summed E-state index contributed by atoms with van der Waals surface area (Å²) in [6.07, 6.45) is 0. The van der Waals surface area contributed by atoms with Crippen molar-refractivity contribution >= 4 is 21.8 Å². The molecule has 342 valence electrons. The van der Waals surface area contributed by atoms with E-state index in [2.05, 4.69) is 247 Å². The molecule has 0 N–H and O–H groups in total. The van der Waals surface area contributed by atoms with Gasteiger partial charge in [0.05, 0.1) is 11.0 Å². The average Bonchev–Trinajstić information content (AvgIpc) is 3.82. The standard InChI is InChI=1S/C69H46N4/c1-6-17-47(18-7-1)50-29-31-52(32-30-50)58-27-16-28-61(43-58)73-64-42-41-59(49-21-10-3-11-22-49)44-63(64)66-62(54-23-12-4-13-24-54)45-60(46-65(66)73)53-35-39-57(40-36-53)69-71-67(55-25-14-5-15-26-55)70-68(72-69)56-37-33-51(34-38-56)48-19-8-2-9-20-48/h1-46H. The summed E-state index contributed by atoms with van der Waals surface area (Å²) in [6, 6.07) is 99.3. The van der Waals surface area contributed by atoms with Crippen molar-refractivity contribution in [1.82, 2.24) is 19.5 Å². The second-order valence-corrected chi connectivity index (χ2v) is 18.4. The monoisotopic (exact) mass is 930 g/mol. The Morgan fingerprint density at radius 2 is 0.562 bits per heavy atom. The van der Waals surface area contributed by atoms with E-state index in [4.69, 9.17) is 15.0 Å². The molecule has 0 atom stereocenters. The van der Waals surface area contributed by atoms with Crippen LogP contribution in [0.3, 0.4) is 0 Å². The van der Waals surface area contributed by atoms with Crippen LogP contribution in [0.5, 0.6) is 0 Å². The zero-order valence-corrected chi connectivity index (χ0v) is 39.8. The van der Waals surface area contributed by atoms with Gasteiger partial charge in [0.1, 0.15) is 0 Å². The van der Waals surface area contributed by atoms with Gasteiger partial charge in [-0.25, -0.2) is 15.0 Å². The van der Waals surface area contributed by atoms with Gasteiger partial charge in [-0.2, -0.15) is 0 Å². The molecule has 4 nitrogen and oxygen atoms in total. The minimum atomic E-state index is 0.617. The molecule has 0 radical (unpaired) electrons. The van der Waals surface area contributed by atoms with Crippen molar-refractivity contribution in [3.05, 3.63) is 279 Å². The molecule has 4 heteroatoms. The maximum Gasteiger partial charge on any atom is 0.164 e. The molecule has 0 saturated carbocycles. The fourth-order valence-electron chi connectivity index (χ4n) is 10.2. The van der Waals surface area contributed by atoms with Crippen LogP contribution in [0, 0.1) is 0 Å². The minimum Gasteiger partial charge on any atom is -0.309 e. The lowest BCUT2D eigenvalue weighted by Gasteiger charge is -2.14. The summed E-state index contributed by atoms with van der Waals surface area (Å²) in [6.45, 7) is 0. The number of fused-ring (bicyclic) bond motifs is 3. The first-order chi connectivity index (χ1) is 36.2. The molecule has 0 bridgehead atoms. The molecule has 0 aliphatic heterocycles. The fraction of sp³-hybridized carbons (Fsp3) is 0. The van der Waals surface area contributed by atoms with E-state index in [1.807, 2.05) is 36.4 Å². The van der Waals surface area contributed by atoms with Gasteiger partial charge >= 0.3 is 0 Å². The zero-order valence-electron chi connectivity index (χ0n) is 39.8. The smallest absolute Gasteiger partial charge is 0.164 e. The highest BCUT2D eigenvalue weighted by molar-refractivity contribution is 6.18. The van der Waals surface area contributed by atoms with Crippen LogP contribution in [-0.4, -0.2) is 19.5 Å². The van der Waals surface area contributed by atoms with Crippen molar-refractivity contribution in [3.8, 4) is 107 Å². The van der Waals surface area contributed by atoms with Gasteiger partial charge in [0.25, 0.3) is 0 Å². The highest BCUT2D eigenvalue weighted by Gasteiger charge is 2.21. The third-order valence-corrected chi connectivity index (χ3v) is 13.9. The molecule has 0 fully saturated rings. The second-order valence-electron chi connectivity index (χ2n) is 18.4. The number of rotatable bonds is 10. The van der Waals surface area contributed by atoms with E-state index >= 15 is 0 Å². The summed E-state index contributed by atoms with van der Waals surface area (Å²) in [5.41, 5.74) is 20.1. The van der Waals surface area contributed by atoms with Crippen LogP contribution in [0.15, 0.2) is 279 Å². The Kier molecular flexibility index (Phi) is 11.2. The molecule has 0 spiro atoms. The predicted molar refractivity (Wildman–Crippen MR) is 303 cm³/mol. The van der Waals surface area contributed by atoms with Crippen molar-refractivity contribution in [2.24, 2.45) is 0 Å². The highest BCUT2D eigenvalue weighted by atomic mass is 15.0. The molecule has 13 rings (SSSR count). The van der Waals surface area contributed by atoms with Gasteiger partial charge in [-0.3, -0.25) is 0 Å². The number of aromatic nitrogens is 4. The van der Waals surface area contributed by atoms with E-state index in [-0.39, 0.29) is 0 Å². The van der Waals surface area contributed by atoms with Crippen LogP contribution in [0.2, 0.25) is 0 Å². The van der Waals surface area contributed by atoms with Gasteiger partial charge in [0, 0.05) is 33.2 Å². The Hall–Kier alpha value is -9.77. The lowest BCUT2D eigenvalue weighted by atomic mass is 9.93. The summed E-state index contributed by atoms with van der Waals surface area (Å²) < 4.78 is 2.45. The normalized spacial score (nSPS) is 11.3. The SMILES string of the molecule is c1ccc(-c2ccc(-c3cccc(-n4c5ccc(-c6ccccc6)cc5c5c(-c6ccccc6)cc(-c6ccc(-c7nc(-c8ccccc8)nc(-c8ccc(-c9ccccc9)cc8)n7)cc6)cc54)c3)cc2)cc1. The first-order valence-electron chi connectivity index (χ1n) is 24.7. The molecule has 11 aromatic carbocycles. The van der Waals surface area contributed by atoms with Gasteiger partial charge in [0.15, 0.2) is 17.5 Å². The van der Waals surface area contributed by atoms with Crippen LogP contribution in [0.25, 0.3) is 128 Å². The lowest BCUT2D eigenvalue weighted by molar-refractivity contribution is 1.07. The number of hydrogen-bond donors (Lipinski definition) is 0. The van der Waals surface area contributed by atoms with Crippen LogP contribution in [0.1, 0.15) is 0 Å². The third kappa shape index (κ3) is 8.47. The van der Waals surface area contributed by atoms with E-state index in [0.717, 1.165) is 61.2 Å². The van der Waals surface area contributed by atoms with Crippen molar-refractivity contribution < 1.29 is 0 Å². The molecule has 0 amide bonds. The summed E-state index contributed by atoms with van der Waals surface area (Å²) in [7, 11) is 0. The van der Waals surface area contributed by atoms with Gasteiger partial charge in [-0.05, 0) is 103 Å². The molecule has 2 aromatic heterocycles. The number of hydrogen-bond acceptors (Lipinski definition) is 3. The van der Waals surface area contributed by atoms with Crippen LogP contribution >= 0.6 is 0 Å². The van der Waals surface area contributed by atoms with Gasteiger partial charge in [-0.1, -0.05) is 243 Å². The maximum absolute atomic E-state index is 5.12. The summed E-state index contributed by atoms with van der Waals surface area (Å²) in [5, 5.41) is 2.41. The van der Waals surface area contributed by atoms with Gasteiger partial charge in [-0.15, -0.1) is 0 Å². The number of nitrogens with zero attached hydrogens (tertiary/aromatic N) is 4. The Morgan fingerprint density at radius 1 is 0.219 bits per heavy atom. The van der Waals surface area contributed by atoms with E-state index in [1.54, 1.807) is 0 Å². The summed E-state index contributed by atoms with van der Waals surface area (Å²) >= 11 is 0. The van der Waals surface area contributed by atoms with Gasteiger partial charge < -0.3 is 4.57 Å². The Balaban J connectivity index is 0.953. The van der Waals surface area contributed by atoms with Crippen LogP contribution in [-0.2, 0) is 0 Å². The molecule has 0 unspecified atom stereocenters. The molecule has 0 saturated heterocycles. The van der Waals surface area contributed by atoms with Crippen molar-refractivity contribution in [2.75, 3.05) is 0 Å².